The monoisotopic (exact) mass is 488 g/mol. The lowest BCUT2D eigenvalue weighted by molar-refractivity contribution is -0.121. The summed E-state index contributed by atoms with van der Waals surface area (Å²) in [5.41, 5.74) is 2.51. The molecule has 0 aliphatic heterocycles. The van der Waals surface area contributed by atoms with Crippen molar-refractivity contribution in [2.75, 3.05) is 0 Å². The Kier molecular flexibility index (Phi) is 6.56. The van der Waals surface area contributed by atoms with E-state index in [1.54, 1.807) is 0 Å². The minimum atomic E-state index is -1.00. The summed E-state index contributed by atoms with van der Waals surface area (Å²) in [4.78, 5) is 44.0. The summed E-state index contributed by atoms with van der Waals surface area (Å²) in [6.07, 6.45) is 4.47. The molecule has 0 saturated heterocycles. The van der Waals surface area contributed by atoms with E-state index in [0.29, 0.717) is 6.42 Å². The maximum absolute atomic E-state index is 13.6. The molecular weight excluding hydrogens is 464 g/mol. The molecule has 5 aromatic rings. The number of ketones is 2. The minimum Gasteiger partial charge on any atom is -0.478 e. The maximum atomic E-state index is 13.6. The van der Waals surface area contributed by atoms with Crippen molar-refractivity contribution >= 4 is 39.1 Å². The highest BCUT2D eigenvalue weighted by Gasteiger charge is 2.41. The van der Waals surface area contributed by atoms with Crippen molar-refractivity contribution in [3.8, 4) is 0 Å². The van der Waals surface area contributed by atoms with E-state index in [4.69, 9.17) is 5.11 Å². The molecule has 4 aromatic carbocycles. The van der Waals surface area contributed by atoms with Crippen LogP contribution in [0.25, 0.3) is 21.5 Å². The molecule has 1 heterocycles. The summed E-state index contributed by atoms with van der Waals surface area (Å²) in [6, 6.07) is 25.9. The molecule has 1 aromatic heterocycles. The molecule has 1 aliphatic rings. The molecule has 0 bridgehead atoms. The molecule has 0 radical (unpaired) electrons. The van der Waals surface area contributed by atoms with Crippen LogP contribution in [0.3, 0.4) is 0 Å². The molecule has 0 spiro atoms. The number of carboxylic acids is 1. The average molecular weight is 489 g/mol. The van der Waals surface area contributed by atoms with Crippen molar-refractivity contribution in [3.63, 3.8) is 0 Å². The number of hydrogen-bond acceptors (Lipinski definition) is 5. The summed E-state index contributed by atoms with van der Waals surface area (Å²) in [7, 11) is 0. The maximum Gasteiger partial charge on any atom is 0.338 e. The van der Waals surface area contributed by atoms with Gasteiger partial charge in [-0.05, 0) is 39.1 Å². The molecule has 0 fully saturated rings. The van der Waals surface area contributed by atoms with Gasteiger partial charge < -0.3 is 5.11 Å². The van der Waals surface area contributed by atoms with E-state index in [1.165, 1.54) is 18.7 Å². The van der Waals surface area contributed by atoms with Crippen LogP contribution >= 0.6 is 0 Å². The molecule has 37 heavy (non-hydrogen) atoms. The van der Waals surface area contributed by atoms with E-state index in [1.807, 2.05) is 61.5 Å². The highest BCUT2D eigenvalue weighted by atomic mass is 16.4. The molecular formula is C31H24N2O4. The first kappa shape index (κ1) is 24.0. The number of carbonyl (C=O) groups excluding carboxylic acids is 2. The molecule has 182 valence electrons. The Labute approximate surface area is 213 Å². The largest absolute Gasteiger partial charge is 0.478 e. The summed E-state index contributed by atoms with van der Waals surface area (Å²) >= 11 is 0. The lowest BCUT2D eigenvalue weighted by atomic mass is 9.70. The number of rotatable bonds is 3. The van der Waals surface area contributed by atoms with E-state index in [9.17, 15) is 14.4 Å². The number of Topliss-reactive ketones (excluding diaryl/α,β-unsaturated/α-hetero) is 2. The Hall–Kier alpha value is -4.71. The van der Waals surface area contributed by atoms with Gasteiger partial charge >= 0.3 is 5.97 Å². The topological polar surface area (TPSA) is 97.2 Å². The van der Waals surface area contributed by atoms with Gasteiger partial charge in [0.2, 0.25) is 0 Å². The Morgan fingerprint density at radius 3 is 2.16 bits per heavy atom. The zero-order valence-electron chi connectivity index (χ0n) is 20.2. The summed E-state index contributed by atoms with van der Waals surface area (Å²) in [6.45, 7) is 2.02. The van der Waals surface area contributed by atoms with Gasteiger partial charge in [-0.25, -0.2) is 14.8 Å². The number of benzene rings is 4. The van der Waals surface area contributed by atoms with Gasteiger partial charge in [0, 0.05) is 23.9 Å². The number of carbonyl (C=O) groups is 3. The number of aromatic nitrogens is 2. The normalized spacial score (nSPS) is 16.7. The number of aromatic carboxylic acids is 1. The predicted octanol–water partition coefficient (Wildman–Crippen LogP) is 6.21. The molecule has 6 rings (SSSR count). The zero-order chi connectivity index (χ0) is 25.9. The number of nitrogens with zero attached hydrogens (tertiary/aromatic N) is 2. The van der Waals surface area contributed by atoms with Gasteiger partial charge in [0.25, 0.3) is 0 Å². The summed E-state index contributed by atoms with van der Waals surface area (Å²) in [5.74, 6) is -2.01. The second-order valence-electron chi connectivity index (χ2n) is 8.92. The summed E-state index contributed by atoms with van der Waals surface area (Å²) in [5, 5.41) is 12.6. The average Bonchev–Trinajstić information content (AvgIpc) is 2.94. The van der Waals surface area contributed by atoms with Crippen LogP contribution in [0.4, 0.5) is 0 Å². The van der Waals surface area contributed by atoms with Gasteiger partial charge in [-0.3, -0.25) is 9.59 Å². The van der Waals surface area contributed by atoms with Crippen molar-refractivity contribution in [1.29, 1.82) is 0 Å². The van der Waals surface area contributed by atoms with Gasteiger partial charge in [-0.1, -0.05) is 85.8 Å². The molecule has 0 amide bonds. The van der Waals surface area contributed by atoms with Crippen LogP contribution in [0.2, 0.25) is 0 Å². The first-order valence-corrected chi connectivity index (χ1v) is 12.1. The second-order valence-corrected chi connectivity index (χ2v) is 8.92. The van der Waals surface area contributed by atoms with Gasteiger partial charge in [0.05, 0.1) is 5.56 Å². The van der Waals surface area contributed by atoms with Crippen molar-refractivity contribution < 1.29 is 19.5 Å². The highest BCUT2D eigenvalue weighted by molar-refractivity contribution is 6.26. The van der Waals surface area contributed by atoms with Crippen molar-refractivity contribution in [3.05, 3.63) is 120 Å². The van der Waals surface area contributed by atoms with E-state index >= 15 is 0 Å². The molecule has 6 nitrogen and oxygen atoms in total. The fraction of sp³-hybridized carbons (Fsp3) is 0.129. The van der Waals surface area contributed by atoms with E-state index in [2.05, 4.69) is 34.2 Å². The first-order chi connectivity index (χ1) is 18.0. The van der Waals surface area contributed by atoms with Crippen LogP contribution in [0.1, 0.15) is 57.0 Å². The predicted molar refractivity (Wildman–Crippen MR) is 142 cm³/mol. The van der Waals surface area contributed by atoms with Gasteiger partial charge in [0.15, 0.2) is 11.6 Å². The van der Waals surface area contributed by atoms with Crippen LogP contribution in [0, 0.1) is 0 Å². The molecule has 2 atom stereocenters. The van der Waals surface area contributed by atoms with Crippen LogP contribution in [0.5, 0.6) is 0 Å². The second kappa shape index (κ2) is 10.1. The third-order valence-corrected chi connectivity index (χ3v) is 6.82. The van der Waals surface area contributed by atoms with Gasteiger partial charge in [0.1, 0.15) is 12.2 Å². The number of hydrogen-bond donors (Lipinski definition) is 1. The van der Waals surface area contributed by atoms with E-state index in [-0.39, 0.29) is 23.0 Å². The van der Waals surface area contributed by atoms with Crippen molar-refractivity contribution in [2.45, 2.75) is 25.2 Å². The lowest BCUT2D eigenvalue weighted by Gasteiger charge is -2.30. The third kappa shape index (κ3) is 4.38. The van der Waals surface area contributed by atoms with Crippen molar-refractivity contribution in [1.82, 2.24) is 9.97 Å². The fourth-order valence-corrected chi connectivity index (χ4v) is 5.09. The molecule has 6 heteroatoms. The molecule has 1 N–H and O–H groups in total. The Bertz CT molecular complexity index is 1630. The number of carboxylic acid groups (broad SMARTS) is 1. The Balaban J connectivity index is 0.000000265. The van der Waals surface area contributed by atoms with E-state index in [0.717, 1.165) is 38.2 Å². The zero-order valence-corrected chi connectivity index (χ0v) is 20.2. The highest BCUT2D eigenvalue weighted by Crippen LogP contribution is 2.42. The van der Waals surface area contributed by atoms with Crippen LogP contribution in [-0.4, -0.2) is 32.6 Å². The van der Waals surface area contributed by atoms with Gasteiger partial charge in [-0.15, -0.1) is 0 Å². The third-order valence-electron chi connectivity index (χ3n) is 6.82. The fourth-order valence-electron chi connectivity index (χ4n) is 5.09. The minimum absolute atomic E-state index is 0.0198. The number of fused-ring (bicyclic) bond motifs is 5. The van der Waals surface area contributed by atoms with Crippen LogP contribution in [-0.2, 0) is 4.79 Å². The molecule has 1 aliphatic carbocycles. The lowest BCUT2D eigenvalue weighted by Crippen LogP contribution is -2.33. The molecule has 2 unspecified atom stereocenters. The summed E-state index contributed by atoms with van der Waals surface area (Å²) < 4.78 is 0. The first-order valence-electron chi connectivity index (χ1n) is 12.1. The van der Waals surface area contributed by atoms with Gasteiger partial charge in [-0.2, -0.15) is 0 Å². The molecule has 0 saturated carbocycles. The van der Waals surface area contributed by atoms with Crippen LogP contribution in [0.15, 0.2) is 97.6 Å². The SMILES string of the molecule is CCC1C(=O)C(c2ccccc2)C(=O)c2c1ccc1c2ccc2ccccc21.O=C(O)c1cncnc1. The van der Waals surface area contributed by atoms with Crippen molar-refractivity contribution in [2.24, 2.45) is 0 Å². The Morgan fingerprint density at radius 2 is 1.49 bits per heavy atom. The smallest absolute Gasteiger partial charge is 0.338 e. The quantitative estimate of drug-likeness (QED) is 0.239. The Morgan fingerprint density at radius 1 is 0.811 bits per heavy atom. The van der Waals surface area contributed by atoms with Crippen LogP contribution < -0.4 is 0 Å². The standard InChI is InChI=1S/C26H20O2.C5H4N2O2/c1-2-18-21-15-14-20-19-11-7-6-8-16(19)12-13-22(20)24(21)26(28)23(25(18)27)17-9-4-3-5-10-17;8-5(9)4-1-6-3-7-2-4/h3-15,18,23H,2H2,1H3;1-3H,(H,8,9). The van der Waals surface area contributed by atoms with E-state index < -0.39 is 11.9 Å².